The molecule has 5 nitrogen and oxygen atoms in total. The van der Waals surface area contributed by atoms with E-state index in [2.05, 4.69) is 15.3 Å². The third kappa shape index (κ3) is 4.66. The first-order valence-corrected chi connectivity index (χ1v) is 9.21. The number of hydrogen-bond donors (Lipinski definition) is 1. The highest BCUT2D eigenvalue weighted by molar-refractivity contribution is 5.78. The van der Waals surface area contributed by atoms with Crippen molar-refractivity contribution in [1.29, 1.82) is 0 Å². The fourth-order valence-electron chi connectivity index (χ4n) is 3.40. The average Bonchev–Trinajstić information content (AvgIpc) is 2.67. The van der Waals surface area contributed by atoms with Crippen LogP contribution in [0, 0.1) is 17.6 Å². The molecule has 0 saturated carbocycles. The van der Waals surface area contributed by atoms with Crippen LogP contribution in [0.15, 0.2) is 36.8 Å². The summed E-state index contributed by atoms with van der Waals surface area (Å²) in [5, 5.41) is 3.43. The molecule has 27 heavy (non-hydrogen) atoms. The largest absolute Gasteiger partial charge is 0.342 e. The normalized spacial score (nSPS) is 16.6. The van der Waals surface area contributed by atoms with E-state index in [4.69, 9.17) is 0 Å². The molecule has 1 unspecified atom stereocenters. The number of rotatable bonds is 5. The van der Waals surface area contributed by atoms with E-state index >= 15 is 0 Å². The molecule has 2 aromatic rings. The van der Waals surface area contributed by atoms with E-state index in [-0.39, 0.29) is 17.9 Å². The molecule has 0 aliphatic carbocycles. The zero-order valence-corrected chi connectivity index (χ0v) is 15.5. The van der Waals surface area contributed by atoms with Crippen LogP contribution in [0.25, 0.3) is 0 Å². The van der Waals surface area contributed by atoms with Crippen LogP contribution in [0.5, 0.6) is 0 Å². The van der Waals surface area contributed by atoms with Gasteiger partial charge in [-0.2, -0.15) is 0 Å². The monoisotopic (exact) mass is 374 g/mol. The standard InChI is InChI=1S/C20H24F2N4O/c1-13(2)20(27)26-9-5-15(6-10-26)25-19(18-12-23-7-8-24-18)16-4-3-14(21)11-17(16)22/h3-4,7-8,11-13,15,19,25H,5-6,9-10H2,1-2H3. The van der Waals surface area contributed by atoms with Crippen molar-refractivity contribution in [2.75, 3.05) is 13.1 Å². The molecule has 1 fully saturated rings. The highest BCUT2D eigenvalue weighted by Gasteiger charge is 2.28. The lowest BCUT2D eigenvalue weighted by Gasteiger charge is -2.35. The van der Waals surface area contributed by atoms with Crippen LogP contribution >= 0.6 is 0 Å². The number of benzene rings is 1. The molecule has 1 atom stereocenters. The average molecular weight is 374 g/mol. The molecule has 144 valence electrons. The first kappa shape index (κ1) is 19.4. The molecule has 1 aromatic carbocycles. The SMILES string of the molecule is CC(C)C(=O)N1CCC(NC(c2cnccn2)c2ccc(F)cc2F)CC1. The van der Waals surface area contributed by atoms with Gasteiger partial charge >= 0.3 is 0 Å². The molecule has 1 N–H and O–H groups in total. The number of halogens is 2. The second-order valence-electron chi connectivity index (χ2n) is 7.15. The molecule has 1 amide bonds. The Morgan fingerprint density at radius 2 is 1.96 bits per heavy atom. The van der Waals surface area contributed by atoms with E-state index in [1.807, 2.05) is 18.7 Å². The minimum atomic E-state index is -0.620. The highest BCUT2D eigenvalue weighted by atomic mass is 19.1. The van der Waals surface area contributed by atoms with Crippen molar-refractivity contribution in [2.45, 2.75) is 38.8 Å². The van der Waals surface area contributed by atoms with Gasteiger partial charge in [-0.25, -0.2) is 8.78 Å². The number of piperidine rings is 1. The first-order valence-electron chi connectivity index (χ1n) is 9.21. The van der Waals surface area contributed by atoms with Gasteiger partial charge in [-0.3, -0.25) is 14.8 Å². The predicted molar refractivity (Wildman–Crippen MR) is 97.8 cm³/mol. The summed E-state index contributed by atoms with van der Waals surface area (Å²) >= 11 is 0. The van der Waals surface area contributed by atoms with E-state index < -0.39 is 17.7 Å². The zero-order chi connectivity index (χ0) is 19.4. The van der Waals surface area contributed by atoms with Gasteiger partial charge < -0.3 is 10.2 Å². The van der Waals surface area contributed by atoms with Crippen molar-refractivity contribution < 1.29 is 13.6 Å². The van der Waals surface area contributed by atoms with E-state index in [1.54, 1.807) is 18.6 Å². The predicted octanol–water partition coefficient (Wildman–Crippen LogP) is 3.08. The van der Waals surface area contributed by atoms with Gasteiger partial charge in [0.1, 0.15) is 11.6 Å². The summed E-state index contributed by atoms with van der Waals surface area (Å²) in [5.74, 6) is -1.10. The molecule has 7 heteroatoms. The Balaban J connectivity index is 1.76. The smallest absolute Gasteiger partial charge is 0.225 e. The summed E-state index contributed by atoms with van der Waals surface area (Å²) in [4.78, 5) is 22.4. The van der Waals surface area contributed by atoms with Gasteiger partial charge in [0.2, 0.25) is 5.91 Å². The van der Waals surface area contributed by atoms with Crippen LogP contribution in [0.2, 0.25) is 0 Å². The fourth-order valence-corrected chi connectivity index (χ4v) is 3.40. The quantitative estimate of drug-likeness (QED) is 0.874. The zero-order valence-electron chi connectivity index (χ0n) is 15.5. The Kier molecular flexibility index (Phi) is 6.11. The van der Waals surface area contributed by atoms with Crippen LogP contribution in [0.3, 0.4) is 0 Å². The molecule has 1 saturated heterocycles. The summed E-state index contributed by atoms with van der Waals surface area (Å²) in [6, 6.07) is 3.13. The minimum absolute atomic E-state index is 0.0184. The van der Waals surface area contributed by atoms with Crippen molar-refractivity contribution in [2.24, 2.45) is 5.92 Å². The fraction of sp³-hybridized carbons (Fsp3) is 0.450. The van der Waals surface area contributed by atoms with Crippen molar-refractivity contribution in [1.82, 2.24) is 20.2 Å². The van der Waals surface area contributed by atoms with Gasteiger partial charge in [-0.1, -0.05) is 19.9 Å². The number of nitrogens with zero attached hydrogens (tertiary/aromatic N) is 3. The Morgan fingerprint density at radius 3 is 2.56 bits per heavy atom. The van der Waals surface area contributed by atoms with E-state index in [0.29, 0.717) is 24.3 Å². The van der Waals surface area contributed by atoms with Crippen LogP contribution in [-0.2, 0) is 4.79 Å². The van der Waals surface area contributed by atoms with E-state index in [1.165, 1.54) is 12.1 Å². The molecule has 0 radical (unpaired) electrons. The number of likely N-dealkylation sites (tertiary alicyclic amines) is 1. The molecule has 1 aliphatic rings. The molecule has 1 aliphatic heterocycles. The summed E-state index contributed by atoms with van der Waals surface area (Å²) in [7, 11) is 0. The summed E-state index contributed by atoms with van der Waals surface area (Å²) < 4.78 is 27.7. The summed E-state index contributed by atoms with van der Waals surface area (Å²) in [6.07, 6.45) is 6.21. The molecular formula is C20H24F2N4O. The number of aromatic nitrogens is 2. The van der Waals surface area contributed by atoms with E-state index in [9.17, 15) is 13.6 Å². The van der Waals surface area contributed by atoms with Crippen molar-refractivity contribution in [3.8, 4) is 0 Å². The number of carbonyl (C=O) groups excluding carboxylic acids is 1. The van der Waals surface area contributed by atoms with Gasteiger partial charge in [-0.05, 0) is 18.9 Å². The Labute approximate surface area is 157 Å². The lowest BCUT2D eigenvalue weighted by atomic mass is 9.98. The Morgan fingerprint density at radius 1 is 1.22 bits per heavy atom. The minimum Gasteiger partial charge on any atom is -0.342 e. The molecule has 2 heterocycles. The number of hydrogen-bond acceptors (Lipinski definition) is 4. The van der Waals surface area contributed by atoms with Crippen LogP contribution in [0.1, 0.15) is 44.0 Å². The topological polar surface area (TPSA) is 58.1 Å². The van der Waals surface area contributed by atoms with Gasteiger partial charge in [0.05, 0.1) is 17.9 Å². The maximum Gasteiger partial charge on any atom is 0.225 e. The third-order valence-electron chi connectivity index (χ3n) is 4.86. The summed E-state index contributed by atoms with van der Waals surface area (Å²) in [5.41, 5.74) is 0.904. The highest BCUT2D eigenvalue weighted by Crippen LogP contribution is 2.26. The second-order valence-corrected chi connectivity index (χ2v) is 7.15. The molecule has 1 aromatic heterocycles. The Hall–Kier alpha value is -2.41. The van der Waals surface area contributed by atoms with Crippen LogP contribution < -0.4 is 5.32 Å². The third-order valence-corrected chi connectivity index (χ3v) is 4.86. The van der Waals surface area contributed by atoms with E-state index in [0.717, 1.165) is 18.9 Å². The van der Waals surface area contributed by atoms with Crippen molar-refractivity contribution in [3.63, 3.8) is 0 Å². The number of carbonyl (C=O) groups is 1. The maximum atomic E-state index is 14.4. The maximum absolute atomic E-state index is 14.4. The van der Waals surface area contributed by atoms with Crippen LogP contribution in [-0.4, -0.2) is 39.9 Å². The first-order chi connectivity index (χ1) is 13.0. The van der Waals surface area contributed by atoms with Crippen molar-refractivity contribution >= 4 is 5.91 Å². The summed E-state index contributed by atoms with van der Waals surface area (Å²) in [6.45, 7) is 5.11. The van der Waals surface area contributed by atoms with Gasteiger partial charge in [0.25, 0.3) is 0 Å². The Bertz CT molecular complexity index is 777. The van der Waals surface area contributed by atoms with Gasteiger partial charge in [-0.15, -0.1) is 0 Å². The van der Waals surface area contributed by atoms with Gasteiger partial charge in [0.15, 0.2) is 0 Å². The molecular weight excluding hydrogens is 350 g/mol. The van der Waals surface area contributed by atoms with Crippen LogP contribution in [0.4, 0.5) is 8.78 Å². The lowest BCUT2D eigenvalue weighted by molar-refractivity contribution is -0.135. The molecule has 0 spiro atoms. The number of nitrogens with one attached hydrogen (secondary N) is 1. The number of amides is 1. The van der Waals surface area contributed by atoms with Gasteiger partial charge in [0, 0.05) is 49.1 Å². The molecule has 0 bridgehead atoms. The lowest BCUT2D eigenvalue weighted by Crippen LogP contribution is -2.47. The molecule has 3 rings (SSSR count). The van der Waals surface area contributed by atoms with Crippen molar-refractivity contribution in [3.05, 3.63) is 59.7 Å². The second kappa shape index (κ2) is 8.52.